The lowest BCUT2D eigenvalue weighted by atomic mass is 10.2. The molecular formula is C12H14N2O3. The quantitative estimate of drug-likeness (QED) is 0.760. The summed E-state index contributed by atoms with van der Waals surface area (Å²) in [6.07, 6.45) is 0.910. The summed E-state index contributed by atoms with van der Waals surface area (Å²) in [5.41, 5.74) is -0.235. The third-order valence-corrected chi connectivity index (χ3v) is 2.14. The Balaban J connectivity index is 2.46. The van der Waals surface area contributed by atoms with E-state index in [-0.39, 0.29) is 5.75 Å². The molecule has 2 rings (SSSR count). The Labute approximate surface area is 98.6 Å². The summed E-state index contributed by atoms with van der Waals surface area (Å²) >= 11 is 0. The van der Waals surface area contributed by atoms with Gasteiger partial charge in [-0.05, 0) is 26.8 Å². The van der Waals surface area contributed by atoms with Crippen LogP contribution in [-0.4, -0.2) is 26.6 Å². The van der Waals surface area contributed by atoms with Crippen LogP contribution in [0.4, 0.5) is 4.79 Å². The molecule has 1 heterocycles. The summed E-state index contributed by atoms with van der Waals surface area (Å²) in [6, 6.07) is 4.96. The first-order valence-electron chi connectivity index (χ1n) is 5.27. The van der Waals surface area contributed by atoms with Crippen molar-refractivity contribution in [3.8, 4) is 5.75 Å². The highest BCUT2D eigenvalue weighted by Crippen LogP contribution is 2.24. The van der Waals surface area contributed by atoms with Crippen molar-refractivity contribution in [1.29, 1.82) is 0 Å². The molecule has 0 bridgehead atoms. The number of benzene rings is 1. The number of carbonyl (C=O) groups is 1. The maximum Gasteiger partial charge on any atom is 0.435 e. The molecule has 0 amide bonds. The molecule has 0 spiro atoms. The minimum atomic E-state index is -0.603. The first-order valence-corrected chi connectivity index (χ1v) is 5.27. The fourth-order valence-corrected chi connectivity index (χ4v) is 1.50. The maximum absolute atomic E-state index is 11.9. The van der Waals surface area contributed by atoms with E-state index < -0.39 is 11.7 Å². The van der Waals surface area contributed by atoms with Crippen molar-refractivity contribution in [3.63, 3.8) is 0 Å². The van der Waals surface area contributed by atoms with Gasteiger partial charge in [0.1, 0.15) is 16.9 Å². The summed E-state index contributed by atoms with van der Waals surface area (Å²) < 4.78 is 6.26. The van der Waals surface area contributed by atoms with E-state index >= 15 is 0 Å². The Bertz CT molecular complexity index is 567. The molecule has 90 valence electrons. The van der Waals surface area contributed by atoms with Gasteiger partial charge < -0.3 is 9.84 Å². The van der Waals surface area contributed by atoms with E-state index in [1.165, 1.54) is 12.3 Å². The van der Waals surface area contributed by atoms with Crippen molar-refractivity contribution in [3.05, 3.63) is 24.4 Å². The van der Waals surface area contributed by atoms with Crippen molar-refractivity contribution in [2.75, 3.05) is 0 Å². The number of para-hydroxylation sites is 1. The lowest BCUT2D eigenvalue weighted by Gasteiger charge is -2.19. The second kappa shape index (κ2) is 3.76. The van der Waals surface area contributed by atoms with Gasteiger partial charge >= 0.3 is 6.09 Å². The number of aromatic hydroxyl groups is 1. The van der Waals surface area contributed by atoms with Crippen LogP contribution in [0.3, 0.4) is 0 Å². The van der Waals surface area contributed by atoms with Crippen molar-refractivity contribution < 1.29 is 14.6 Å². The molecule has 0 atom stereocenters. The highest BCUT2D eigenvalue weighted by molar-refractivity contribution is 5.91. The van der Waals surface area contributed by atoms with E-state index in [9.17, 15) is 9.90 Å². The fourth-order valence-electron chi connectivity index (χ4n) is 1.50. The Morgan fingerprint density at radius 3 is 2.76 bits per heavy atom. The Morgan fingerprint density at radius 2 is 2.12 bits per heavy atom. The van der Waals surface area contributed by atoms with Gasteiger partial charge in [0.2, 0.25) is 0 Å². The number of phenols is 1. The third kappa shape index (κ3) is 2.22. The van der Waals surface area contributed by atoms with Crippen LogP contribution in [0.2, 0.25) is 0 Å². The largest absolute Gasteiger partial charge is 0.506 e. The summed E-state index contributed by atoms with van der Waals surface area (Å²) in [7, 11) is 0. The molecule has 0 radical (unpaired) electrons. The monoisotopic (exact) mass is 234 g/mol. The number of carbonyl (C=O) groups excluding carboxylic acids is 1. The molecule has 5 nitrogen and oxygen atoms in total. The summed E-state index contributed by atoms with van der Waals surface area (Å²) in [6.45, 7) is 5.32. The SMILES string of the molecule is CC(C)(C)OC(=O)n1ncc2cccc(O)c21. The maximum atomic E-state index is 11.9. The van der Waals surface area contributed by atoms with Crippen molar-refractivity contribution in [2.24, 2.45) is 0 Å². The first-order chi connectivity index (χ1) is 7.88. The Hall–Kier alpha value is -2.04. The number of hydrogen-bond acceptors (Lipinski definition) is 4. The minimum absolute atomic E-state index is 0.00543. The minimum Gasteiger partial charge on any atom is -0.506 e. The van der Waals surface area contributed by atoms with Gasteiger partial charge in [0.05, 0.1) is 6.20 Å². The zero-order chi connectivity index (χ0) is 12.6. The van der Waals surface area contributed by atoms with Gasteiger partial charge in [0.25, 0.3) is 0 Å². The summed E-state index contributed by atoms with van der Waals surface area (Å²) in [4.78, 5) is 11.9. The van der Waals surface area contributed by atoms with Crippen LogP contribution in [0.5, 0.6) is 5.75 Å². The van der Waals surface area contributed by atoms with E-state index in [2.05, 4.69) is 5.10 Å². The number of aromatic nitrogens is 2. The number of rotatable bonds is 0. The van der Waals surface area contributed by atoms with Crippen molar-refractivity contribution in [2.45, 2.75) is 26.4 Å². The predicted octanol–water partition coefficient (Wildman–Crippen LogP) is 2.53. The second-order valence-corrected chi connectivity index (χ2v) is 4.75. The Morgan fingerprint density at radius 1 is 1.41 bits per heavy atom. The summed E-state index contributed by atoms with van der Waals surface area (Å²) in [5.74, 6) is 0.00543. The number of ether oxygens (including phenoxy) is 1. The molecule has 1 N–H and O–H groups in total. The van der Waals surface area contributed by atoms with E-state index in [4.69, 9.17) is 4.74 Å². The third-order valence-electron chi connectivity index (χ3n) is 2.14. The second-order valence-electron chi connectivity index (χ2n) is 4.75. The van der Waals surface area contributed by atoms with Gasteiger partial charge in [-0.2, -0.15) is 9.78 Å². The molecule has 2 aromatic rings. The normalized spacial score (nSPS) is 11.7. The molecule has 0 unspecified atom stereocenters. The average molecular weight is 234 g/mol. The molecule has 0 aliphatic carbocycles. The standard InChI is InChI=1S/C12H14N2O3/c1-12(2,3)17-11(16)14-10-8(7-13-14)5-4-6-9(10)15/h4-7,15H,1-3H3. The van der Waals surface area contributed by atoms with Crippen LogP contribution < -0.4 is 0 Å². The first kappa shape index (κ1) is 11.4. The van der Waals surface area contributed by atoms with Crippen LogP contribution in [-0.2, 0) is 4.74 Å². The van der Waals surface area contributed by atoms with Gasteiger partial charge in [-0.3, -0.25) is 0 Å². The zero-order valence-electron chi connectivity index (χ0n) is 9.97. The molecular weight excluding hydrogens is 220 g/mol. The van der Waals surface area contributed by atoms with Gasteiger partial charge in [-0.25, -0.2) is 4.79 Å². The van der Waals surface area contributed by atoms with Crippen LogP contribution >= 0.6 is 0 Å². The van der Waals surface area contributed by atoms with Crippen LogP contribution in [0.25, 0.3) is 10.9 Å². The van der Waals surface area contributed by atoms with E-state index in [1.807, 2.05) is 0 Å². The van der Waals surface area contributed by atoms with Gasteiger partial charge in [0, 0.05) is 5.39 Å². The molecule has 1 aromatic carbocycles. The predicted molar refractivity (Wildman–Crippen MR) is 63.0 cm³/mol. The van der Waals surface area contributed by atoms with E-state index in [0.717, 1.165) is 4.68 Å². The van der Waals surface area contributed by atoms with Crippen LogP contribution in [0.15, 0.2) is 24.4 Å². The molecule has 0 fully saturated rings. The lowest BCUT2D eigenvalue weighted by molar-refractivity contribution is 0.0522. The smallest absolute Gasteiger partial charge is 0.435 e. The topological polar surface area (TPSA) is 64.4 Å². The van der Waals surface area contributed by atoms with E-state index in [1.54, 1.807) is 32.9 Å². The number of fused-ring (bicyclic) bond motifs is 1. The lowest BCUT2D eigenvalue weighted by Crippen LogP contribution is -2.27. The highest BCUT2D eigenvalue weighted by atomic mass is 16.6. The van der Waals surface area contributed by atoms with Gasteiger partial charge in [-0.15, -0.1) is 0 Å². The summed E-state index contributed by atoms with van der Waals surface area (Å²) in [5, 5.41) is 14.3. The molecule has 1 aromatic heterocycles. The molecule has 5 heteroatoms. The number of nitrogens with zero attached hydrogens (tertiary/aromatic N) is 2. The molecule has 0 aliphatic rings. The van der Waals surface area contributed by atoms with Crippen LogP contribution in [0.1, 0.15) is 20.8 Å². The number of hydrogen-bond donors (Lipinski definition) is 1. The molecule has 0 saturated carbocycles. The number of phenolic OH excluding ortho intramolecular Hbond substituents is 1. The molecule has 17 heavy (non-hydrogen) atoms. The highest BCUT2D eigenvalue weighted by Gasteiger charge is 2.21. The van der Waals surface area contributed by atoms with Crippen molar-refractivity contribution >= 4 is 17.0 Å². The zero-order valence-corrected chi connectivity index (χ0v) is 9.97. The molecule has 0 saturated heterocycles. The fraction of sp³-hybridized carbons (Fsp3) is 0.333. The van der Waals surface area contributed by atoms with Gasteiger partial charge in [-0.1, -0.05) is 12.1 Å². The average Bonchev–Trinajstić information content (AvgIpc) is 2.60. The van der Waals surface area contributed by atoms with Crippen molar-refractivity contribution in [1.82, 2.24) is 9.78 Å². The van der Waals surface area contributed by atoms with Gasteiger partial charge in [0.15, 0.2) is 0 Å². The Kier molecular flexibility index (Phi) is 2.53. The molecule has 0 aliphatic heterocycles. The van der Waals surface area contributed by atoms with Crippen LogP contribution in [0, 0.1) is 0 Å². The van der Waals surface area contributed by atoms with E-state index in [0.29, 0.717) is 10.9 Å².